The summed E-state index contributed by atoms with van der Waals surface area (Å²) >= 11 is 0. The van der Waals surface area contributed by atoms with Crippen molar-refractivity contribution in [2.45, 2.75) is 6.92 Å². The minimum atomic E-state index is -1.01. The third kappa shape index (κ3) is 3.32. The molecule has 0 saturated heterocycles. The molecule has 0 unspecified atom stereocenters. The zero-order valence-electron chi connectivity index (χ0n) is 10.8. The van der Waals surface area contributed by atoms with E-state index in [9.17, 15) is 13.6 Å². The number of hydrogen-bond donors (Lipinski definition) is 1. The maximum absolute atomic E-state index is 13.1. The molecule has 0 aliphatic rings. The molecule has 0 saturated carbocycles. The minimum Gasteiger partial charge on any atom is -0.494 e. The summed E-state index contributed by atoms with van der Waals surface area (Å²) < 4.78 is 31.1. The fourth-order valence-corrected chi connectivity index (χ4v) is 1.67. The number of rotatable bonds is 4. The largest absolute Gasteiger partial charge is 0.494 e. The molecule has 0 aliphatic carbocycles. The van der Waals surface area contributed by atoms with E-state index in [2.05, 4.69) is 5.32 Å². The lowest BCUT2D eigenvalue weighted by Crippen LogP contribution is -2.12. The first-order chi connectivity index (χ1) is 9.60. The third-order valence-corrected chi connectivity index (χ3v) is 2.58. The standard InChI is InChI=1S/C15H13F2NO2/c1-2-20-12-5-3-4-10(8-12)15(19)18-11-6-7-13(16)14(17)9-11/h3-9H,2H2,1H3,(H,18,19). The normalized spacial score (nSPS) is 10.2. The lowest BCUT2D eigenvalue weighted by molar-refractivity contribution is 0.102. The van der Waals surface area contributed by atoms with E-state index >= 15 is 0 Å². The predicted molar refractivity (Wildman–Crippen MR) is 71.9 cm³/mol. The van der Waals surface area contributed by atoms with Crippen molar-refractivity contribution in [3.05, 3.63) is 59.7 Å². The molecule has 5 heteroatoms. The Bertz CT molecular complexity index is 629. The average Bonchev–Trinajstić information content (AvgIpc) is 2.43. The van der Waals surface area contributed by atoms with Crippen LogP contribution in [0.4, 0.5) is 14.5 Å². The molecule has 2 aromatic rings. The molecule has 1 amide bonds. The Morgan fingerprint density at radius 2 is 1.95 bits per heavy atom. The van der Waals surface area contributed by atoms with E-state index in [-0.39, 0.29) is 5.69 Å². The molecule has 0 aliphatic heterocycles. The van der Waals surface area contributed by atoms with Crippen molar-refractivity contribution in [2.24, 2.45) is 0 Å². The van der Waals surface area contributed by atoms with E-state index < -0.39 is 17.5 Å². The third-order valence-electron chi connectivity index (χ3n) is 2.58. The van der Waals surface area contributed by atoms with Crippen molar-refractivity contribution in [3.63, 3.8) is 0 Å². The molecule has 104 valence electrons. The first kappa shape index (κ1) is 14.0. The number of amides is 1. The maximum atomic E-state index is 13.1. The number of anilines is 1. The van der Waals surface area contributed by atoms with Crippen molar-refractivity contribution < 1.29 is 18.3 Å². The second kappa shape index (κ2) is 6.14. The molecule has 0 spiro atoms. The van der Waals surface area contributed by atoms with E-state index in [1.807, 2.05) is 6.92 Å². The van der Waals surface area contributed by atoms with Crippen LogP contribution in [0.2, 0.25) is 0 Å². The van der Waals surface area contributed by atoms with Gasteiger partial charge in [-0.3, -0.25) is 4.79 Å². The first-order valence-corrected chi connectivity index (χ1v) is 6.09. The van der Waals surface area contributed by atoms with E-state index in [0.717, 1.165) is 12.1 Å². The van der Waals surface area contributed by atoms with E-state index in [1.54, 1.807) is 24.3 Å². The number of ether oxygens (including phenoxy) is 1. The molecule has 0 radical (unpaired) electrons. The van der Waals surface area contributed by atoms with Crippen LogP contribution in [0.25, 0.3) is 0 Å². The summed E-state index contributed by atoms with van der Waals surface area (Å²) in [5.74, 6) is -1.81. The Balaban J connectivity index is 2.15. The van der Waals surface area contributed by atoms with Gasteiger partial charge in [0.05, 0.1) is 6.61 Å². The molecule has 0 heterocycles. The van der Waals surface area contributed by atoms with Crippen LogP contribution in [-0.4, -0.2) is 12.5 Å². The molecule has 2 aromatic carbocycles. The molecule has 0 aromatic heterocycles. The van der Waals surface area contributed by atoms with Gasteiger partial charge in [-0.05, 0) is 37.3 Å². The quantitative estimate of drug-likeness (QED) is 0.927. The zero-order chi connectivity index (χ0) is 14.5. The summed E-state index contributed by atoms with van der Waals surface area (Å²) in [5.41, 5.74) is 0.566. The van der Waals surface area contributed by atoms with Crippen LogP contribution in [0.1, 0.15) is 17.3 Å². The van der Waals surface area contributed by atoms with E-state index in [4.69, 9.17) is 4.74 Å². The first-order valence-electron chi connectivity index (χ1n) is 6.09. The second-order valence-corrected chi connectivity index (χ2v) is 4.04. The molecule has 3 nitrogen and oxygen atoms in total. The number of halogens is 2. The summed E-state index contributed by atoms with van der Waals surface area (Å²) in [4.78, 5) is 12.0. The zero-order valence-corrected chi connectivity index (χ0v) is 10.8. The Morgan fingerprint density at radius 1 is 1.15 bits per heavy atom. The number of carbonyl (C=O) groups is 1. The van der Waals surface area contributed by atoms with Crippen LogP contribution in [0.15, 0.2) is 42.5 Å². The van der Waals surface area contributed by atoms with Crippen molar-refractivity contribution in [3.8, 4) is 5.75 Å². The van der Waals surface area contributed by atoms with Gasteiger partial charge in [0, 0.05) is 17.3 Å². The second-order valence-electron chi connectivity index (χ2n) is 4.04. The molecule has 0 bridgehead atoms. The fraction of sp³-hybridized carbons (Fsp3) is 0.133. The summed E-state index contributed by atoms with van der Waals surface area (Å²) in [7, 11) is 0. The maximum Gasteiger partial charge on any atom is 0.255 e. The van der Waals surface area contributed by atoms with Crippen molar-refractivity contribution >= 4 is 11.6 Å². The van der Waals surface area contributed by atoms with Gasteiger partial charge >= 0.3 is 0 Å². The van der Waals surface area contributed by atoms with Gasteiger partial charge in [0.1, 0.15) is 5.75 Å². The van der Waals surface area contributed by atoms with Gasteiger partial charge < -0.3 is 10.1 Å². The Kier molecular flexibility index (Phi) is 4.30. The monoisotopic (exact) mass is 277 g/mol. The van der Waals surface area contributed by atoms with Gasteiger partial charge in [0.2, 0.25) is 0 Å². The molecule has 1 N–H and O–H groups in total. The number of nitrogens with one attached hydrogen (secondary N) is 1. The van der Waals surface area contributed by atoms with Gasteiger partial charge in [0.25, 0.3) is 5.91 Å². The topological polar surface area (TPSA) is 38.3 Å². The highest BCUT2D eigenvalue weighted by Crippen LogP contribution is 2.17. The van der Waals surface area contributed by atoms with Gasteiger partial charge in [0.15, 0.2) is 11.6 Å². The van der Waals surface area contributed by atoms with Crippen LogP contribution >= 0.6 is 0 Å². The van der Waals surface area contributed by atoms with Crippen molar-refractivity contribution in [1.82, 2.24) is 0 Å². The molecule has 2 rings (SSSR count). The lowest BCUT2D eigenvalue weighted by atomic mass is 10.2. The Hall–Kier alpha value is -2.43. The van der Waals surface area contributed by atoms with Gasteiger partial charge in [-0.1, -0.05) is 6.07 Å². The van der Waals surface area contributed by atoms with E-state index in [0.29, 0.717) is 17.9 Å². The van der Waals surface area contributed by atoms with Crippen LogP contribution < -0.4 is 10.1 Å². The number of hydrogen-bond acceptors (Lipinski definition) is 2. The molecule has 0 atom stereocenters. The predicted octanol–water partition coefficient (Wildman–Crippen LogP) is 3.62. The Labute approximate surface area is 115 Å². The van der Waals surface area contributed by atoms with Crippen molar-refractivity contribution in [2.75, 3.05) is 11.9 Å². The smallest absolute Gasteiger partial charge is 0.255 e. The average molecular weight is 277 g/mol. The number of benzene rings is 2. The highest BCUT2D eigenvalue weighted by atomic mass is 19.2. The van der Waals surface area contributed by atoms with Gasteiger partial charge in [-0.25, -0.2) is 8.78 Å². The summed E-state index contributed by atoms with van der Waals surface area (Å²) in [6.45, 7) is 2.34. The molecule has 0 fully saturated rings. The SMILES string of the molecule is CCOc1cccc(C(=O)Nc2ccc(F)c(F)c2)c1. The lowest BCUT2D eigenvalue weighted by Gasteiger charge is -2.07. The van der Waals surface area contributed by atoms with Crippen LogP contribution in [0.5, 0.6) is 5.75 Å². The van der Waals surface area contributed by atoms with Gasteiger partial charge in [-0.15, -0.1) is 0 Å². The van der Waals surface area contributed by atoms with E-state index in [1.165, 1.54) is 6.07 Å². The highest BCUT2D eigenvalue weighted by molar-refractivity contribution is 6.04. The van der Waals surface area contributed by atoms with Crippen LogP contribution in [0, 0.1) is 11.6 Å². The number of carbonyl (C=O) groups excluding carboxylic acids is 1. The van der Waals surface area contributed by atoms with Crippen molar-refractivity contribution in [1.29, 1.82) is 0 Å². The summed E-state index contributed by atoms with van der Waals surface area (Å²) in [5, 5.41) is 2.49. The minimum absolute atomic E-state index is 0.190. The Morgan fingerprint density at radius 3 is 2.65 bits per heavy atom. The van der Waals surface area contributed by atoms with Gasteiger partial charge in [-0.2, -0.15) is 0 Å². The summed E-state index contributed by atoms with van der Waals surface area (Å²) in [6, 6.07) is 9.79. The molecular formula is C15H13F2NO2. The molecular weight excluding hydrogens is 264 g/mol. The summed E-state index contributed by atoms with van der Waals surface area (Å²) in [6.07, 6.45) is 0. The molecule has 20 heavy (non-hydrogen) atoms. The van der Waals surface area contributed by atoms with Crippen LogP contribution in [-0.2, 0) is 0 Å². The highest BCUT2D eigenvalue weighted by Gasteiger charge is 2.09. The fourth-order valence-electron chi connectivity index (χ4n) is 1.67. The van der Waals surface area contributed by atoms with Crippen LogP contribution in [0.3, 0.4) is 0 Å².